The summed E-state index contributed by atoms with van der Waals surface area (Å²) in [4.78, 5) is 60.2. The third kappa shape index (κ3) is 28.1. The van der Waals surface area contributed by atoms with Gasteiger partial charge < -0.3 is 29.4 Å². The Kier molecular flexibility index (Phi) is 31.3. The molecule has 0 saturated carbocycles. The summed E-state index contributed by atoms with van der Waals surface area (Å²) < 4.78 is 40.9. The van der Waals surface area contributed by atoms with Gasteiger partial charge in [-0.15, -0.1) is 0 Å². The van der Waals surface area contributed by atoms with Crippen LogP contribution in [0.15, 0.2) is 279 Å². The lowest BCUT2D eigenvalue weighted by atomic mass is 9.98. The van der Waals surface area contributed by atoms with Crippen LogP contribution in [-0.4, -0.2) is 66.5 Å². The van der Waals surface area contributed by atoms with Gasteiger partial charge in [0.1, 0.15) is 34.6 Å². The lowest BCUT2D eigenvalue weighted by Crippen LogP contribution is -2.33. The molecule has 0 spiro atoms. The highest BCUT2D eigenvalue weighted by Crippen LogP contribution is 2.19. The molecule has 10 aromatic rings. The summed E-state index contributed by atoms with van der Waals surface area (Å²) >= 11 is 0. The molecule has 5 atom stereocenters. The highest BCUT2D eigenvalue weighted by molar-refractivity contribution is 5.87. The number of methoxy groups -OCH3 is 1. The van der Waals surface area contributed by atoms with Crippen molar-refractivity contribution in [2.75, 3.05) is 7.11 Å². The molecule has 0 aromatic heterocycles. The molecule has 0 aliphatic heterocycles. The van der Waals surface area contributed by atoms with E-state index in [1.165, 1.54) is 17.2 Å². The molecule has 0 amide bonds. The normalized spacial score (nSPS) is 11.9. The molecule has 0 fully saturated rings. The number of halogens is 1. The van der Waals surface area contributed by atoms with E-state index < -0.39 is 30.5 Å². The van der Waals surface area contributed by atoms with Crippen LogP contribution in [0, 0.1) is 19.7 Å². The Morgan fingerprint density at radius 3 is 0.905 bits per heavy atom. The number of Topliss-reactive ketones (excluding diaryl/α,β-unsaturated/α-hetero) is 5. The summed E-state index contributed by atoms with van der Waals surface area (Å²) in [6.45, 7) is 11.1. The number of hydrogen-bond donors (Lipinski definition) is 1. The van der Waals surface area contributed by atoms with Gasteiger partial charge in [0, 0.05) is 32.1 Å². The van der Waals surface area contributed by atoms with Crippen LogP contribution in [0.2, 0.25) is 0 Å². The first-order valence-corrected chi connectivity index (χ1v) is 31.7. The quantitative estimate of drug-likeness (QED) is 0.0550. The Hall–Kier alpha value is -10.6. The van der Waals surface area contributed by atoms with Crippen molar-refractivity contribution in [2.24, 2.45) is 5.73 Å². The minimum absolute atomic E-state index is 0.0423. The van der Waals surface area contributed by atoms with E-state index in [2.05, 4.69) is 0 Å². The number of aryl methyl sites for hydroxylation is 2. The molecule has 2 N–H and O–H groups in total. The predicted molar refractivity (Wildman–Crippen MR) is 376 cm³/mol. The molecule has 12 heteroatoms. The topological polar surface area (TPSA) is 158 Å². The van der Waals surface area contributed by atoms with Gasteiger partial charge in [-0.3, -0.25) is 24.0 Å². The monoisotopic (exact) mass is 1280 g/mol. The highest BCUT2D eigenvalue weighted by Gasteiger charge is 2.20. The molecule has 0 radical (unpaired) electrons. The van der Waals surface area contributed by atoms with Crippen molar-refractivity contribution in [1.29, 1.82) is 0 Å². The maximum absolute atomic E-state index is 13.4. The highest BCUT2D eigenvalue weighted by atomic mass is 19.1. The second-order valence-corrected chi connectivity index (χ2v) is 22.7. The summed E-state index contributed by atoms with van der Waals surface area (Å²) in [5.74, 6) is 3.41. The first kappa shape index (κ1) is 73.5. The second kappa shape index (κ2) is 40.4. The summed E-state index contributed by atoms with van der Waals surface area (Å²) in [7, 11) is 1.62. The Labute approximate surface area is 559 Å². The zero-order valence-electron chi connectivity index (χ0n) is 55.2. The van der Waals surface area contributed by atoms with Crippen molar-refractivity contribution in [3.63, 3.8) is 0 Å². The average Bonchev–Trinajstić information content (AvgIpc) is 2.84. The summed E-state index contributed by atoms with van der Waals surface area (Å²) in [5, 5.41) is 0. The summed E-state index contributed by atoms with van der Waals surface area (Å²) in [5.41, 5.74) is 13.9. The molecule has 10 aromatic carbocycles. The summed E-state index contributed by atoms with van der Waals surface area (Å²) in [6, 6.07) is 86.3. The number of hydrogen-bond acceptors (Lipinski definition) is 11. The Bertz CT molecular complexity index is 3740. The van der Waals surface area contributed by atoms with Crippen LogP contribution in [0.4, 0.5) is 4.39 Å². The smallest absolute Gasteiger partial charge is 0.177 e. The largest absolute Gasteiger partial charge is 0.497 e. The number of carbonyl (C=O) groups excluding carboxylic acids is 5. The maximum Gasteiger partial charge on any atom is 0.177 e. The number of nitrogens with two attached hydrogens (primary N) is 1. The van der Waals surface area contributed by atoms with E-state index in [-0.39, 0.29) is 41.2 Å². The first-order chi connectivity index (χ1) is 45.9. The van der Waals surface area contributed by atoms with Crippen molar-refractivity contribution in [2.45, 2.75) is 111 Å². The van der Waals surface area contributed by atoms with Crippen molar-refractivity contribution in [3.05, 3.63) is 329 Å². The van der Waals surface area contributed by atoms with Gasteiger partial charge in [0.2, 0.25) is 0 Å². The number of ether oxygens (including phenoxy) is 5. The van der Waals surface area contributed by atoms with E-state index in [0.29, 0.717) is 49.2 Å². The first-order valence-electron chi connectivity index (χ1n) is 31.7. The third-order valence-electron chi connectivity index (χ3n) is 14.8. The van der Waals surface area contributed by atoms with Gasteiger partial charge in [-0.05, 0) is 148 Å². The predicted octanol–water partition coefficient (Wildman–Crippen LogP) is 16.2. The van der Waals surface area contributed by atoms with Gasteiger partial charge in [0.25, 0.3) is 0 Å². The van der Waals surface area contributed by atoms with Crippen molar-refractivity contribution in [1.82, 2.24) is 0 Å². The molecule has 0 aliphatic carbocycles. The van der Waals surface area contributed by atoms with E-state index >= 15 is 0 Å². The Balaban J connectivity index is 0.000000188. The van der Waals surface area contributed by atoms with Gasteiger partial charge in [0.15, 0.2) is 53.3 Å². The molecule has 490 valence electrons. The summed E-state index contributed by atoms with van der Waals surface area (Å²) in [6.07, 6.45) is 0.333. The molecule has 0 aliphatic rings. The second-order valence-electron chi connectivity index (χ2n) is 22.7. The van der Waals surface area contributed by atoms with Gasteiger partial charge in [0.05, 0.1) is 13.2 Å². The van der Waals surface area contributed by atoms with Crippen molar-refractivity contribution < 1.29 is 52.0 Å². The standard InChI is InChI=1S/C17H19NO.C17H18O3.C17H18O2.C16H15FO2.C16H16O2/c1-13-7-9-15(10-8-13)12-17(19)16(18)11-14-5-3-2-4-6-14;1-13(20-16-6-4-3-5-7-16)17(18)12-14-8-10-15(19-2)11-9-14;1-13-8-10-15(11-9-13)12-17(18)14(2)19-16-6-4-3-5-7-16;1-12(19-14-8-3-2-4-9-14)16(18)11-13-7-5-6-10-15(13)17;1-13(18-15-10-6-3-7-11-15)16(17)12-14-8-4-2-5-9-14/h2-10,16H,11-12,18H2,1H3;3-11,13H,12H2,1-2H3;3-11,14H,12H2,1-2H3;2-10,12H,11H2,1H3;2-11,13H,12H2,1H3. The number of para-hydroxylation sites is 4. The molecule has 10 rings (SSSR count). The van der Waals surface area contributed by atoms with E-state index in [1.54, 1.807) is 65.1 Å². The maximum atomic E-state index is 13.4. The van der Waals surface area contributed by atoms with Crippen LogP contribution in [0.25, 0.3) is 0 Å². The van der Waals surface area contributed by atoms with E-state index in [1.807, 2.05) is 257 Å². The molecule has 5 unspecified atom stereocenters. The zero-order chi connectivity index (χ0) is 68.2. The fourth-order valence-electron chi connectivity index (χ4n) is 9.15. The minimum atomic E-state index is -0.595. The van der Waals surface area contributed by atoms with E-state index in [4.69, 9.17) is 29.4 Å². The number of carbonyl (C=O) groups is 5. The molecular weight excluding hydrogens is 1190 g/mol. The molecule has 0 saturated heterocycles. The van der Waals surface area contributed by atoms with Crippen LogP contribution >= 0.6 is 0 Å². The lowest BCUT2D eigenvalue weighted by Gasteiger charge is -2.13. The van der Waals surface area contributed by atoms with Crippen LogP contribution in [0.5, 0.6) is 28.7 Å². The zero-order valence-corrected chi connectivity index (χ0v) is 55.2. The van der Waals surface area contributed by atoms with E-state index in [9.17, 15) is 28.4 Å². The molecule has 95 heavy (non-hydrogen) atoms. The molecule has 0 bridgehead atoms. The SMILES string of the molecule is CC(Oc1ccccc1)C(=O)Cc1ccccc1.CC(Oc1ccccc1)C(=O)Cc1ccccc1F.COc1ccc(CC(=O)C(C)Oc2ccccc2)cc1.Cc1ccc(CC(=O)C(C)Oc2ccccc2)cc1.Cc1ccc(CC(=O)C(N)Cc2ccccc2)cc1. The van der Waals surface area contributed by atoms with Crippen LogP contribution in [0.3, 0.4) is 0 Å². The lowest BCUT2D eigenvalue weighted by molar-refractivity contribution is -0.125. The van der Waals surface area contributed by atoms with Gasteiger partial charge in [-0.1, -0.05) is 223 Å². The van der Waals surface area contributed by atoms with Gasteiger partial charge in [-0.2, -0.15) is 0 Å². The number of ketones is 5. The van der Waals surface area contributed by atoms with Crippen LogP contribution in [0.1, 0.15) is 72.2 Å². The van der Waals surface area contributed by atoms with Gasteiger partial charge in [-0.25, -0.2) is 4.39 Å². The Morgan fingerprint density at radius 1 is 0.316 bits per heavy atom. The van der Waals surface area contributed by atoms with Crippen molar-refractivity contribution >= 4 is 28.9 Å². The van der Waals surface area contributed by atoms with Gasteiger partial charge >= 0.3 is 0 Å². The van der Waals surface area contributed by atoms with Crippen LogP contribution < -0.4 is 29.4 Å². The van der Waals surface area contributed by atoms with Crippen molar-refractivity contribution in [3.8, 4) is 28.7 Å². The molecule has 11 nitrogen and oxygen atoms in total. The minimum Gasteiger partial charge on any atom is -0.497 e. The third-order valence-corrected chi connectivity index (χ3v) is 14.8. The molecular formula is C83H86FNO10. The molecule has 0 heterocycles. The van der Waals surface area contributed by atoms with E-state index in [0.717, 1.165) is 45.1 Å². The number of benzene rings is 10. The fraction of sp³-hybridized carbons (Fsp3) is 0.217. The average molecular weight is 1280 g/mol. The fourth-order valence-corrected chi connectivity index (χ4v) is 9.15. The Morgan fingerprint density at radius 2 is 0.579 bits per heavy atom. The van der Waals surface area contributed by atoms with Crippen LogP contribution in [-0.2, 0) is 62.5 Å². The number of rotatable bonds is 26.